The zero-order valence-electron chi connectivity index (χ0n) is 19.5. The fourth-order valence-electron chi connectivity index (χ4n) is 4.16. The SMILES string of the molecule is CCOc1ccc(/C(O)=C2\C(=O)C(=O)N(CCCn3ccnc3)[C@H]2c2ccc(OC)cc2)cc1Cl. The van der Waals surface area contributed by atoms with E-state index in [0.717, 1.165) is 0 Å². The fraction of sp³-hybridized carbons (Fsp3) is 0.269. The molecule has 2 aromatic carbocycles. The summed E-state index contributed by atoms with van der Waals surface area (Å²) in [5.74, 6) is -0.571. The van der Waals surface area contributed by atoms with Crippen LogP contribution in [-0.4, -0.2) is 51.5 Å². The number of aryl methyl sites for hydroxylation is 1. The lowest BCUT2D eigenvalue weighted by Crippen LogP contribution is -2.31. The molecule has 1 atom stereocenters. The monoisotopic (exact) mass is 495 g/mol. The number of likely N-dealkylation sites (tertiary alicyclic amines) is 1. The van der Waals surface area contributed by atoms with Crippen LogP contribution in [0.15, 0.2) is 66.8 Å². The highest BCUT2D eigenvalue weighted by Crippen LogP contribution is 2.40. The number of carbonyl (C=O) groups excluding carboxylic acids is 2. The predicted octanol–water partition coefficient (Wildman–Crippen LogP) is 4.46. The first-order chi connectivity index (χ1) is 16.9. The minimum Gasteiger partial charge on any atom is -0.507 e. The van der Waals surface area contributed by atoms with E-state index in [2.05, 4.69) is 4.98 Å². The van der Waals surface area contributed by atoms with Gasteiger partial charge in [-0.1, -0.05) is 23.7 Å². The Balaban J connectivity index is 1.73. The Kier molecular flexibility index (Phi) is 7.41. The first kappa shape index (κ1) is 24.3. The van der Waals surface area contributed by atoms with Crippen LogP contribution in [0.5, 0.6) is 11.5 Å². The van der Waals surface area contributed by atoms with Crippen LogP contribution in [0.1, 0.15) is 30.5 Å². The number of hydrogen-bond donors (Lipinski definition) is 1. The molecule has 0 unspecified atom stereocenters. The molecule has 9 heteroatoms. The van der Waals surface area contributed by atoms with Crippen molar-refractivity contribution in [2.24, 2.45) is 0 Å². The maximum Gasteiger partial charge on any atom is 0.295 e. The molecule has 0 radical (unpaired) electrons. The third-order valence-corrected chi connectivity index (χ3v) is 6.15. The van der Waals surface area contributed by atoms with Crippen molar-refractivity contribution < 1.29 is 24.2 Å². The largest absolute Gasteiger partial charge is 0.507 e. The number of hydrogen-bond acceptors (Lipinski definition) is 6. The first-order valence-electron chi connectivity index (χ1n) is 11.3. The maximum absolute atomic E-state index is 13.2. The molecule has 1 amide bonds. The van der Waals surface area contributed by atoms with Crippen LogP contribution in [-0.2, 0) is 16.1 Å². The Morgan fingerprint density at radius 3 is 2.54 bits per heavy atom. The van der Waals surface area contributed by atoms with Crippen molar-refractivity contribution in [3.8, 4) is 11.5 Å². The average molecular weight is 496 g/mol. The minimum atomic E-state index is -0.756. The van der Waals surface area contributed by atoms with Crippen LogP contribution in [0.25, 0.3) is 5.76 Å². The molecule has 182 valence electrons. The topological polar surface area (TPSA) is 93.9 Å². The molecule has 1 aliphatic heterocycles. The lowest BCUT2D eigenvalue weighted by Gasteiger charge is -2.25. The van der Waals surface area contributed by atoms with E-state index in [1.807, 2.05) is 17.7 Å². The van der Waals surface area contributed by atoms with Crippen molar-refractivity contribution in [1.29, 1.82) is 0 Å². The summed E-state index contributed by atoms with van der Waals surface area (Å²) in [4.78, 5) is 31.8. The van der Waals surface area contributed by atoms with Gasteiger partial charge in [0.15, 0.2) is 0 Å². The summed E-state index contributed by atoms with van der Waals surface area (Å²) in [6.07, 6.45) is 5.83. The van der Waals surface area contributed by atoms with Gasteiger partial charge in [-0.05, 0) is 49.2 Å². The number of aliphatic hydroxyl groups excluding tert-OH is 1. The number of carbonyl (C=O) groups is 2. The van der Waals surface area contributed by atoms with Gasteiger partial charge >= 0.3 is 0 Å². The van der Waals surface area contributed by atoms with Crippen LogP contribution >= 0.6 is 11.6 Å². The van der Waals surface area contributed by atoms with E-state index < -0.39 is 17.7 Å². The van der Waals surface area contributed by atoms with Crippen LogP contribution in [0.2, 0.25) is 5.02 Å². The van der Waals surface area contributed by atoms with Crippen LogP contribution in [0, 0.1) is 0 Å². The van der Waals surface area contributed by atoms with Crippen molar-refractivity contribution in [1.82, 2.24) is 14.5 Å². The van der Waals surface area contributed by atoms with E-state index in [0.29, 0.717) is 53.8 Å². The van der Waals surface area contributed by atoms with Crippen LogP contribution < -0.4 is 9.47 Å². The number of halogens is 1. The summed E-state index contributed by atoms with van der Waals surface area (Å²) in [5.41, 5.74) is 1.03. The van der Waals surface area contributed by atoms with Gasteiger partial charge in [-0.25, -0.2) is 4.98 Å². The van der Waals surface area contributed by atoms with Gasteiger partial charge in [0.25, 0.3) is 11.7 Å². The Morgan fingerprint density at radius 2 is 1.91 bits per heavy atom. The summed E-state index contributed by atoms with van der Waals surface area (Å²) >= 11 is 6.31. The summed E-state index contributed by atoms with van der Waals surface area (Å²) in [5, 5.41) is 11.5. The Morgan fingerprint density at radius 1 is 1.14 bits per heavy atom. The second-order valence-corrected chi connectivity index (χ2v) is 8.41. The Labute approximate surface area is 208 Å². The zero-order chi connectivity index (χ0) is 24.9. The third-order valence-electron chi connectivity index (χ3n) is 5.85. The molecule has 8 nitrogen and oxygen atoms in total. The molecule has 4 rings (SSSR count). The van der Waals surface area contributed by atoms with Gasteiger partial charge in [-0.15, -0.1) is 0 Å². The van der Waals surface area contributed by atoms with Crippen molar-refractivity contribution in [2.45, 2.75) is 25.9 Å². The van der Waals surface area contributed by atoms with Gasteiger partial charge in [0.1, 0.15) is 17.3 Å². The number of Topliss-reactive ketones (excluding diaryl/α,β-unsaturated/α-hetero) is 1. The van der Waals surface area contributed by atoms with Crippen LogP contribution in [0.4, 0.5) is 0 Å². The molecule has 0 bridgehead atoms. The van der Waals surface area contributed by atoms with Crippen molar-refractivity contribution in [3.63, 3.8) is 0 Å². The number of aliphatic hydroxyl groups is 1. The molecule has 0 spiro atoms. The molecule has 1 saturated heterocycles. The van der Waals surface area contributed by atoms with Crippen LogP contribution in [0.3, 0.4) is 0 Å². The second kappa shape index (κ2) is 10.7. The Hall–Kier alpha value is -3.78. The molecule has 2 heterocycles. The smallest absolute Gasteiger partial charge is 0.295 e. The van der Waals surface area contributed by atoms with Gasteiger partial charge in [0.05, 0.1) is 36.7 Å². The predicted molar refractivity (Wildman–Crippen MR) is 131 cm³/mol. The number of aromatic nitrogens is 2. The number of ketones is 1. The number of nitrogens with zero attached hydrogens (tertiary/aromatic N) is 3. The summed E-state index contributed by atoms with van der Waals surface area (Å²) in [6.45, 7) is 3.23. The fourth-order valence-corrected chi connectivity index (χ4v) is 4.40. The van der Waals surface area contributed by atoms with Crippen molar-refractivity contribution >= 4 is 29.1 Å². The summed E-state index contributed by atoms with van der Waals surface area (Å²) in [7, 11) is 1.56. The quantitative estimate of drug-likeness (QED) is 0.268. The molecular weight excluding hydrogens is 470 g/mol. The van der Waals surface area contributed by atoms with E-state index in [4.69, 9.17) is 21.1 Å². The van der Waals surface area contributed by atoms with Crippen molar-refractivity contribution in [3.05, 3.63) is 82.9 Å². The number of methoxy groups -OCH3 is 1. The van der Waals surface area contributed by atoms with Gasteiger partial charge < -0.3 is 24.0 Å². The van der Waals surface area contributed by atoms with E-state index in [1.165, 1.54) is 11.0 Å². The summed E-state index contributed by atoms with van der Waals surface area (Å²) < 4.78 is 12.6. The average Bonchev–Trinajstić information content (AvgIpc) is 3.47. The molecule has 0 aliphatic carbocycles. The number of imidazole rings is 1. The summed E-state index contributed by atoms with van der Waals surface area (Å²) in [6, 6.07) is 11.1. The third kappa shape index (κ3) is 5.02. The lowest BCUT2D eigenvalue weighted by atomic mass is 9.95. The number of ether oxygens (including phenoxy) is 2. The number of benzene rings is 2. The molecule has 1 aromatic heterocycles. The van der Waals surface area contributed by atoms with E-state index in [1.54, 1.807) is 56.0 Å². The molecular formula is C26H26ClN3O5. The molecule has 35 heavy (non-hydrogen) atoms. The maximum atomic E-state index is 13.2. The van der Waals surface area contributed by atoms with Gasteiger partial charge in [0, 0.05) is 31.0 Å². The minimum absolute atomic E-state index is 0.0167. The highest BCUT2D eigenvalue weighted by molar-refractivity contribution is 6.46. The molecule has 0 saturated carbocycles. The second-order valence-electron chi connectivity index (χ2n) is 8.00. The van der Waals surface area contributed by atoms with E-state index in [9.17, 15) is 14.7 Å². The van der Waals surface area contributed by atoms with E-state index in [-0.39, 0.29) is 11.3 Å². The molecule has 1 N–H and O–H groups in total. The Bertz CT molecular complexity index is 1240. The highest BCUT2D eigenvalue weighted by atomic mass is 35.5. The van der Waals surface area contributed by atoms with Gasteiger partial charge in [-0.2, -0.15) is 0 Å². The molecule has 1 fully saturated rings. The van der Waals surface area contributed by atoms with Gasteiger partial charge in [0.2, 0.25) is 0 Å². The molecule has 1 aliphatic rings. The standard InChI is InChI=1S/C26H26ClN3O5/c1-3-35-21-10-7-18(15-20(21)27)24(31)22-23(17-5-8-19(34-2)9-6-17)30(26(33)25(22)32)13-4-12-29-14-11-28-16-29/h5-11,14-16,23,31H,3-4,12-13H2,1-2H3/b24-22+/t23-/m0/s1. The zero-order valence-corrected chi connectivity index (χ0v) is 20.2. The normalized spacial score (nSPS) is 17.1. The van der Waals surface area contributed by atoms with E-state index >= 15 is 0 Å². The van der Waals surface area contributed by atoms with Crippen molar-refractivity contribution in [2.75, 3.05) is 20.3 Å². The highest BCUT2D eigenvalue weighted by Gasteiger charge is 2.45. The lowest BCUT2D eigenvalue weighted by molar-refractivity contribution is -0.139. The number of rotatable bonds is 9. The molecule has 3 aromatic rings. The van der Waals surface area contributed by atoms with Gasteiger partial charge in [-0.3, -0.25) is 9.59 Å². The number of amides is 1. The first-order valence-corrected chi connectivity index (χ1v) is 11.6.